The minimum Gasteiger partial charge on any atom is -0.497 e. The van der Waals surface area contributed by atoms with Gasteiger partial charge < -0.3 is 20.3 Å². The summed E-state index contributed by atoms with van der Waals surface area (Å²) in [5, 5.41) is 5.51. The smallest absolute Gasteiger partial charge is 0.229 e. The highest BCUT2D eigenvalue weighted by Gasteiger charge is 2.35. The Hall–Kier alpha value is -2.87. The van der Waals surface area contributed by atoms with Gasteiger partial charge in [0.1, 0.15) is 5.75 Å². The van der Waals surface area contributed by atoms with E-state index in [2.05, 4.69) is 26.6 Å². The van der Waals surface area contributed by atoms with Crippen LogP contribution in [0.15, 0.2) is 40.9 Å². The second-order valence-electron chi connectivity index (χ2n) is 6.92. The van der Waals surface area contributed by atoms with Crippen LogP contribution in [-0.2, 0) is 14.4 Å². The molecule has 0 spiro atoms. The van der Waals surface area contributed by atoms with Crippen molar-refractivity contribution in [2.45, 2.75) is 20.3 Å². The number of nitrogens with one attached hydrogen (secondary N) is 2. The summed E-state index contributed by atoms with van der Waals surface area (Å²) in [5.41, 5.74) is 2.68. The molecule has 2 aromatic rings. The average molecular weight is 460 g/mol. The first-order chi connectivity index (χ1) is 13.8. The number of benzene rings is 2. The summed E-state index contributed by atoms with van der Waals surface area (Å²) in [6.07, 6.45) is 0.125. The van der Waals surface area contributed by atoms with Gasteiger partial charge in [0.15, 0.2) is 0 Å². The van der Waals surface area contributed by atoms with E-state index in [9.17, 15) is 14.4 Å². The predicted octanol–water partition coefficient (Wildman–Crippen LogP) is 3.72. The minimum atomic E-state index is -0.497. The second kappa shape index (κ2) is 8.65. The van der Waals surface area contributed by atoms with Gasteiger partial charge in [0, 0.05) is 36.1 Å². The summed E-state index contributed by atoms with van der Waals surface area (Å²) in [7, 11) is 1.52. The molecule has 2 N–H and O–H groups in total. The van der Waals surface area contributed by atoms with E-state index in [4.69, 9.17) is 4.74 Å². The van der Waals surface area contributed by atoms with Crippen LogP contribution in [0.25, 0.3) is 0 Å². The summed E-state index contributed by atoms with van der Waals surface area (Å²) in [6, 6.07) is 10.6. The summed E-state index contributed by atoms with van der Waals surface area (Å²) in [6.45, 7) is 3.64. The number of hydrogen-bond donors (Lipinski definition) is 2. The zero-order valence-corrected chi connectivity index (χ0v) is 18.0. The van der Waals surface area contributed by atoms with E-state index in [0.29, 0.717) is 23.7 Å². The highest BCUT2D eigenvalue weighted by molar-refractivity contribution is 9.10. The highest BCUT2D eigenvalue weighted by Crippen LogP contribution is 2.31. The van der Waals surface area contributed by atoms with Crippen molar-refractivity contribution in [3.8, 4) is 5.75 Å². The number of rotatable bonds is 5. The highest BCUT2D eigenvalue weighted by atomic mass is 79.9. The maximum absolute atomic E-state index is 12.8. The van der Waals surface area contributed by atoms with Crippen molar-refractivity contribution in [3.63, 3.8) is 0 Å². The quantitative estimate of drug-likeness (QED) is 0.712. The van der Waals surface area contributed by atoms with Crippen LogP contribution < -0.4 is 20.3 Å². The lowest BCUT2D eigenvalue weighted by Gasteiger charge is -2.18. The van der Waals surface area contributed by atoms with Crippen molar-refractivity contribution in [1.82, 2.24) is 0 Å². The molecule has 3 amide bonds. The molecule has 0 aromatic heterocycles. The van der Waals surface area contributed by atoms with Gasteiger partial charge in [-0.15, -0.1) is 0 Å². The molecule has 1 saturated heterocycles. The topological polar surface area (TPSA) is 87.7 Å². The number of methoxy groups -OCH3 is 1. The summed E-state index contributed by atoms with van der Waals surface area (Å²) < 4.78 is 6.17. The van der Waals surface area contributed by atoms with Gasteiger partial charge >= 0.3 is 0 Å². The maximum atomic E-state index is 12.8. The Bertz CT molecular complexity index is 976. The zero-order valence-electron chi connectivity index (χ0n) is 16.4. The molecule has 1 aliphatic rings. The van der Waals surface area contributed by atoms with Gasteiger partial charge in [0.05, 0.1) is 24.4 Å². The van der Waals surface area contributed by atoms with Crippen molar-refractivity contribution in [3.05, 3.63) is 46.4 Å². The van der Waals surface area contributed by atoms with E-state index in [1.54, 1.807) is 23.1 Å². The molecule has 7 nitrogen and oxygen atoms in total. The van der Waals surface area contributed by atoms with Crippen LogP contribution in [-0.4, -0.2) is 31.4 Å². The van der Waals surface area contributed by atoms with E-state index >= 15 is 0 Å². The Morgan fingerprint density at radius 3 is 2.55 bits per heavy atom. The van der Waals surface area contributed by atoms with Crippen molar-refractivity contribution in [2.24, 2.45) is 5.92 Å². The van der Waals surface area contributed by atoms with Crippen molar-refractivity contribution < 1.29 is 19.1 Å². The van der Waals surface area contributed by atoms with Gasteiger partial charge in [0.25, 0.3) is 0 Å². The van der Waals surface area contributed by atoms with E-state index < -0.39 is 5.92 Å². The normalized spacial score (nSPS) is 15.9. The van der Waals surface area contributed by atoms with Crippen LogP contribution in [0.1, 0.15) is 18.9 Å². The van der Waals surface area contributed by atoms with E-state index in [1.807, 2.05) is 25.1 Å². The van der Waals surface area contributed by atoms with E-state index in [-0.39, 0.29) is 24.1 Å². The molecule has 1 unspecified atom stereocenters. The molecule has 8 heteroatoms. The van der Waals surface area contributed by atoms with Gasteiger partial charge in [0.2, 0.25) is 17.7 Å². The second-order valence-corrected chi connectivity index (χ2v) is 7.78. The minimum absolute atomic E-state index is 0.0976. The van der Waals surface area contributed by atoms with Crippen molar-refractivity contribution >= 4 is 50.7 Å². The molecular formula is C21H22BrN3O4. The van der Waals surface area contributed by atoms with Gasteiger partial charge in [-0.2, -0.15) is 0 Å². The molecule has 0 saturated carbocycles. The Morgan fingerprint density at radius 1 is 1.14 bits per heavy atom. The average Bonchev–Trinajstić information content (AvgIpc) is 3.07. The molecule has 1 fully saturated rings. The first-order valence-electron chi connectivity index (χ1n) is 9.11. The number of hydrogen-bond acceptors (Lipinski definition) is 4. The Balaban J connectivity index is 1.77. The lowest BCUT2D eigenvalue weighted by atomic mass is 10.1. The van der Waals surface area contributed by atoms with Crippen LogP contribution >= 0.6 is 15.9 Å². The van der Waals surface area contributed by atoms with E-state index in [1.165, 1.54) is 14.0 Å². The Kier molecular flexibility index (Phi) is 6.22. The Morgan fingerprint density at radius 2 is 1.90 bits per heavy atom. The number of nitrogens with zero attached hydrogens (tertiary/aromatic N) is 1. The predicted molar refractivity (Wildman–Crippen MR) is 115 cm³/mol. The van der Waals surface area contributed by atoms with Crippen LogP contribution in [0.3, 0.4) is 0 Å². The lowest BCUT2D eigenvalue weighted by molar-refractivity contribution is -0.122. The fourth-order valence-electron chi connectivity index (χ4n) is 3.22. The molecule has 0 bridgehead atoms. The van der Waals surface area contributed by atoms with Gasteiger partial charge in [-0.1, -0.05) is 15.9 Å². The van der Waals surface area contributed by atoms with Gasteiger partial charge in [-0.25, -0.2) is 0 Å². The maximum Gasteiger partial charge on any atom is 0.229 e. The number of halogens is 1. The first kappa shape index (κ1) is 20.9. The fraction of sp³-hybridized carbons (Fsp3) is 0.286. The lowest BCUT2D eigenvalue weighted by Crippen LogP contribution is -2.28. The molecule has 2 aromatic carbocycles. The summed E-state index contributed by atoms with van der Waals surface area (Å²) in [4.78, 5) is 38.4. The van der Waals surface area contributed by atoms with Crippen LogP contribution in [0.2, 0.25) is 0 Å². The molecule has 1 atom stereocenters. The Labute approximate surface area is 177 Å². The molecule has 29 heavy (non-hydrogen) atoms. The number of ether oxygens (including phenoxy) is 1. The van der Waals surface area contributed by atoms with E-state index in [0.717, 1.165) is 15.7 Å². The molecular weight excluding hydrogens is 438 g/mol. The number of carbonyl (C=O) groups is 3. The van der Waals surface area contributed by atoms with Crippen LogP contribution in [0, 0.1) is 12.8 Å². The number of amides is 3. The SMILES string of the molecule is COc1ccc(NC(C)=O)c(NC(=O)C2CC(=O)N(c3ccc(Br)c(C)c3)C2)c1. The third-order valence-electron chi connectivity index (χ3n) is 4.74. The molecule has 3 rings (SSSR count). The molecule has 152 valence electrons. The third-order valence-corrected chi connectivity index (χ3v) is 5.63. The monoisotopic (exact) mass is 459 g/mol. The van der Waals surface area contributed by atoms with Crippen molar-refractivity contribution in [2.75, 3.05) is 29.2 Å². The summed E-state index contributed by atoms with van der Waals surface area (Å²) in [5.74, 6) is -0.584. The van der Waals surface area contributed by atoms with Gasteiger partial charge in [-0.3, -0.25) is 14.4 Å². The zero-order chi connectivity index (χ0) is 21.1. The first-order valence-corrected chi connectivity index (χ1v) is 9.90. The third kappa shape index (κ3) is 4.76. The molecule has 0 aliphatic carbocycles. The number of carbonyl (C=O) groups excluding carboxylic acids is 3. The fourth-order valence-corrected chi connectivity index (χ4v) is 3.46. The van der Waals surface area contributed by atoms with Crippen molar-refractivity contribution in [1.29, 1.82) is 0 Å². The number of anilines is 3. The standard InChI is InChI=1S/C21H22BrN3O4/c1-12-8-15(4-6-17(12)22)25-11-14(9-20(25)27)21(28)24-19-10-16(29-3)5-7-18(19)23-13(2)26/h4-8,10,14H,9,11H2,1-3H3,(H,23,26)(H,24,28). The van der Waals surface area contributed by atoms with Crippen LogP contribution in [0.5, 0.6) is 5.75 Å². The van der Waals surface area contributed by atoms with Gasteiger partial charge in [-0.05, 0) is 42.8 Å². The largest absolute Gasteiger partial charge is 0.497 e. The van der Waals surface area contributed by atoms with Crippen LogP contribution in [0.4, 0.5) is 17.1 Å². The molecule has 1 aliphatic heterocycles. The summed E-state index contributed by atoms with van der Waals surface area (Å²) >= 11 is 3.45. The molecule has 0 radical (unpaired) electrons. The molecule has 1 heterocycles. The number of aryl methyl sites for hydroxylation is 1.